The van der Waals surface area contributed by atoms with Gasteiger partial charge in [-0.15, -0.1) is 0 Å². The molecule has 4 nitrogen and oxygen atoms in total. The normalized spacial score (nSPS) is 23.4. The number of nitrogens with zero attached hydrogens (tertiary/aromatic N) is 1. The van der Waals surface area contributed by atoms with E-state index >= 15 is 0 Å². The van der Waals surface area contributed by atoms with Gasteiger partial charge in [0.2, 0.25) is 0 Å². The van der Waals surface area contributed by atoms with Crippen molar-refractivity contribution in [1.29, 1.82) is 0 Å². The van der Waals surface area contributed by atoms with Gasteiger partial charge in [-0.3, -0.25) is 0 Å². The van der Waals surface area contributed by atoms with Crippen molar-refractivity contribution in [2.75, 3.05) is 25.9 Å². The first-order chi connectivity index (χ1) is 9.34. The van der Waals surface area contributed by atoms with Crippen molar-refractivity contribution < 1.29 is 13.1 Å². The van der Waals surface area contributed by atoms with Crippen LogP contribution in [0.3, 0.4) is 0 Å². The second-order valence-corrected chi connectivity index (χ2v) is 7.48. The number of quaternary nitrogens is 1. The van der Waals surface area contributed by atoms with Crippen molar-refractivity contribution in [3.63, 3.8) is 0 Å². The summed E-state index contributed by atoms with van der Waals surface area (Å²) in [5.41, 5.74) is 1.99. The predicted molar refractivity (Wildman–Crippen MR) is 80.7 cm³/mol. The molecule has 1 aromatic carbocycles. The first-order valence-corrected chi connectivity index (χ1v) is 8.80. The standard InChI is InChI=1S/C15H21NO3S/c1-3-9-16(17)10-7-13(8-11-16)14-5-4-6-15(12-14)20(2,18)19/h4-7,12H,3,8-11H2,1-2H3. The van der Waals surface area contributed by atoms with E-state index in [0.717, 1.165) is 17.6 Å². The molecule has 1 aliphatic rings. The van der Waals surface area contributed by atoms with Gasteiger partial charge in [0.05, 0.1) is 24.5 Å². The molecule has 0 saturated heterocycles. The maximum Gasteiger partial charge on any atom is 0.175 e. The van der Waals surface area contributed by atoms with Gasteiger partial charge in [-0.05, 0) is 35.8 Å². The zero-order valence-electron chi connectivity index (χ0n) is 12.0. The summed E-state index contributed by atoms with van der Waals surface area (Å²) in [5.74, 6) is 0. The molecule has 0 fully saturated rings. The molecule has 0 N–H and O–H groups in total. The Kier molecular flexibility index (Phi) is 4.32. The summed E-state index contributed by atoms with van der Waals surface area (Å²) in [7, 11) is -3.19. The third kappa shape index (κ3) is 3.48. The smallest absolute Gasteiger partial charge is 0.175 e. The molecule has 1 atom stereocenters. The van der Waals surface area contributed by atoms with E-state index in [-0.39, 0.29) is 4.65 Å². The Morgan fingerprint density at radius 1 is 1.35 bits per heavy atom. The van der Waals surface area contributed by atoms with Crippen LogP contribution in [0.1, 0.15) is 25.3 Å². The van der Waals surface area contributed by atoms with Crippen LogP contribution in [0.25, 0.3) is 5.57 Å². The maximum absolute atomic E-state index is 12.3. The van der Waals surface area contributed by atoms with Crippen molar-refractivity contribution in [2.24, 2.45) is 0 Å². The van der Waals surface area contributed by atoms with E-state index in [9.17, 15) is 13.6 Å². The lowest BCUT2D eigenvalue weighted by Crippen LogP contribution is -2.45. The minimum absolute atomic E-state index is 0.161. The first kappa shape index (κ1) is 15.2. The summed E-state index contributed by atoms with van der Waals surface area (Å²) in [6, 6.07) is 6.97. The highest BCUT2D eigenvalue weighted by Crippen LogP contribution is 2.27. The largest absolute Gasteiger partial charge is 0.633 e. The topological polar surface area (TPSA) is 57.2 Å². The Bertz CT molecular complexity index is 622. The van der Waals surface area contributed by atoms with E-state index in [2.05, 4.69) is 0 Å². The van der Waals surface area contributed by atoms with Gasteiger partial charge in [-0.1, -0.05) is 19.1 Å². The molecule has 1 heterocycles. The number of rotatable bonds is 4. The Hall–Kier alpha value is -1.17. The molecule has 0 aliphatic carbocycles. The second-order valence-electron chi connectivity index (χ2n) is 5.47. The van der Waals surface area contributed by atoms with E-state index < -0.39 is 9.84 Å². The van der Waals surface area contributed by atoms with E-state index in [1.165, 1.54) is 6.26 Å². The van der Waals surface area contributed by atoms with Crippen molar-refractivity contribution in [3.05, 3.63) is 41.1 Å². The van der Waals surface area contributed by atoms with Gasteiger partial charge in [0, 0.05) is 12.7 Å². The molecule has 1 aromatic rings. The number of hydrogen-bond donors (Lipinski definition) is 0. The zero-order valence-corrected chi connectivity index (χ0v) is 12.8. The van der Waals surface area contributed by atoms with Crippen molar-refractivity contribution in [1.82, 2.24) is 0 Å². The molecule has 0 saturated carbocycles. The van der Waals surface area contributed by atoms with Gasteiger partial charge >= 0.3 is 0 Å². The Morgan fingerprint density at radius 3 is 2.65 bits per heavy atom. The monoisotopic (exact) mass is 295 g/mol. The molecule has 5 heteroatoms. The third-order valence-electron chi connectivity index (χ3n) is 3.72. The van der Waals surface area contributed by atoms with Crippen LogP contribution in [-0.2, 0) is 9.84 Å². The number of hydroxylamine groups is 3. The summed E-state index contributed by atoms with van der Waals surface area (Å²) in [6.07, 6.45) is 4.77. The Labute approximate surface area is 120 Å². The summed E-state index contributed by atoms with van der Waals surface area (Å²) >= 11 is 0. The Morgan fingerprint density at radius 2 is 2.10 bits per heavy atom. The van der Waals surface area contributed by atoms with Crippen LogP contribution in [0.2, 0.25) is 0 Å². The van der Waals surface area contributed by atoms with Gasteiger partial charge in [-0.2, -0.15) is 0 Å². The van der Waals surface area contributed by atoms with Gasteiger partial charge in [0.1, 0.15) is 0 Å². The van der Waals surface area contributed by atoms with Crippen LogP contribution in [-0.4, -0.2) is 39.0 Å². The fourth-order valence-corrected chi connectivity index (χ4v) is 3.26. The molecule has 0 aromatic heterocycles. The summed E-state index contributed by atoms with van der Waals surface area (Å²) in [4.78, 5) is 0.331. The lowest BCUT2D eigenvalue weighted by Gasteiger charge is -2.44. The quantitative estimate of drug-likeness (QED) is 0.633. The van der Waals surface area contributed by atoms with Crippen LogP contribution in [0, 0.1) is 5.21 Å². The summed E-state index contributed by atoms with van der Waals surface area (Å²) in [5, 5.41) is 12.3. The molecular weight excluding hydrogens is 274 g/mol. The van der Waals surface area contributed by atoms with E-state index in [0.29, 0.717) is 31.0 Å². The SMILES string of the molecule is CCC[N+]1([O-])CC=C(c2cccc(S(C)(=O)=O)c2)CC1. The summed E-state index contributed by atoms with van der Waals surface area (Å²) < 4.78 is 23.0. The molecular formula is C15H21NO3S. The van der Waals surface area contributed by atoms with Gasteiger partial charge in [-0.25, -0.2) is 8.42 Å². The lowest BCUT2D eigenvalue weighted by molar-refractivity contribution is -0.875. The molecule has 0 radical (unpaired) electrons. The fourth-order valence-electron chi connectivity index (χ4n) is 2.59. The zero-order chi connectivity index (χ0) is 14.8. The van der Waals surface area contributed by atoms with E-state index in [4.69, 9.17) is 0 Å². The molecule has 0 spiro atoms. The molecule has 0 amide bonds. The average molecular weight is 295 g/mol. The van der Waals surface area contributed by atoms with Crippen LogP contribution < -0.4 is 0 Å². The first-order valence-electron chi connectivity index (χ1n) is 6.91. The third-order valence-corrected chi connectivity index (χ3v) is 4.83. The molecule has 2 rings (SSSR count). The van der Waals surface area contributed by atoms with Crippen LogP contribution in [0.4, 0.5) is 0 Å². The predicted octanol–water partition coefficient (Wildman–Crippen LogP) is 2.60. The van der Waals surface area contributed by atoms with Gasteiger partial charge in [0.15, 0.2) is 9.84 Å². The molecule has 20 heavy (non-hydrogen) atoms. The highest BCUT2D eigenvalue weighted by molar-refractivity contribution is 7.90. The van der Waals surface area contributed by atoms with Gasteiger partial charge < -0.3 is 9.85 Å². The fraction of sp³-hybridized carbons (Fsp3) is 0.467. The summed E-state index contributed by atoms with van der Waals surface area (Å²) in [6.45, 7) is 3.72. The van der Waals surface area contributed by atoms with Crippen LogP contribution in [0.5, 0.6) is 0 Å². The minimum Gasteiger partial charge on any atom is -0.633 e. The van der Waals surface area contributed by atoms with E-state index in [1.807, 2.05) is 19.1 Å². The number of hydrogen-bond acceptors (Lipinski definition) is 3. The van der Waals surface area contributed by atoms with Crippen LogP contribution in [0.15, 0.2) is 35.2 Å². The molecule has 1 unspecified atom stereocenters. The van der Waals surface area contributed by atoms with Gasteiger partial charge in [0.25, 0.3) is 0 Å². The molecule has 110 valence electrons. The highest BCUT2D eigenvalue weighted by atomic mass is 32.2. The number of benzene rings is 1. The Balaban J connectivity index is 2.24. The van der Waals surface area contributed by atoms with E-state index in [1.54, 1.807) is 18.2 Å². The minimum atomic E-state index is -3.19. The van der Waals surface area contributed by atoms with Crippen molar-refractivity contribution >= 4 is 15.4 Å². The van der Waals surface area contributed by atoms with Crippen molar-refractivity contribution in [2.45, 2.75) is 24.7 Å². The second kappa shape index (κ2) is 5.68. The number of sulfone groups is 1. The lowest BCUT2D eigenvalue weighted by atomic mass is 9.99. The maximum atomic E-state index is 12.3. The van der Waals surface area contributed by atoms with Crippen LogP contribution >= 0.6 is 0 Å². The highest BCUT2D eigenvalue weighted by Gasteiger charge is 2.21. The van der Waals surface area contributed by atoms with Crippen molar-refractivity contribution in [3.8, 4) is 0 Å². The average Bonchev–Trinajstić information content (AvgIpc) is 2.39. The molecule has 0 bridgehead atoms. The molecule has 1 aliphatic heterocycles.